The normalized spacial score (nSPS) is 40.8. The van der Waals surface area contributed by atoms with E-state index in [0.717, 1.165) is 28.6 Å². The van der Waals surface area contributed by atoms with Crippen molar-refractivity contribution in [3.05, 3.63) is 0 Å². The summed E-state index contributed by atoms with van der Waals surface area (Å²) in [6.45, 7) is 0. The summed E-state index contributed by atoms with van der Waals surface area (Å²) >= 11 is -8.03. The van der Waals surface area contributed by atoms with Gasteiger partial charge in [-0.25, -0.2) is 0 Å². The monoisotopic (exact) mass is 1300 g/mol. The second kappa shape index (κ2) is 23.7. The van der Waals surface area contributed by atoms with E-state index in [2.05, 4.69) is 0 Å². The molecule has 10 saturated carbocycles. The molecule has 416 valence electrons. The van der Waals surface area contributed by atoms with Crippen molar-refractivity contribution < 1.29 is 26.7 Å². The van der Waals surface area contributed by atoms with Crippen molar-refractivity contribution in [2.45, 2.75) is 358 Å². The fraction of sp³-hybridized carbons (Fsp3) is 1.00. The summed E-state index contributed by atoms with van der Waals surface area (Å²) in [4.78, 5) is 0. The van der Waals surface area contributed by atoms with Crippen LogP contribution in [-0.4, -0.2) is 81.5 Å². The fourth-order valence-corrected chi connectivity index (χ4v) is 143. The topological polar surface area (TPSA) is 94.1 Å². The molecule has 0 aromatic carbocycles. The SMILES string of the molecule is O=S(=O)([O-])C1CCC([Si]2(C3CCCCC3)O[Si](C3CCCCC3)(C3CCCCC3)O[Si]3([O][Sn]([CH]4CCCCC4)([CH]4CCCCC4)[CH2][Sn]([CH]4CCCCC4)([CH]4CCCCC4)[O]2)C2CCCCC24CCCCC43)CC1. The van der Waals surface area contributed by atoms with Gasteiger partial charge < -0.3 is 0 Å². The molecule has 73 heavy (non-hydrogen) atoms. The molecule has 7 nitrogen and oxygen atoms in total. The number of rotatable bonds is 9. The third-order valence-corrected chi connectivity index (χ3v) is 102. The maximum atomic E-state index is 13.2. The summed E-state index contributed by atoms with van der Waals surface area (Å²) in [6.07, 6.45) is 62.2. The van der Waals surface area contributed by atoms with E-state index in [0.29, 0.717) is 46.0 Å². The van der Waals surface area contributed by atoms with Crippen LogP contribution < -0.4 is 0 Å². The van der Waals surface area contributed by atoms with Gasteiger partial charge in [-0.2, -0.15) is 0 Å². The van der Waals surface area contributed by atoms with Crippen LogP contribution in [0.25, 0.3) is 0 Å². The Morgan fingerprint density at radius 1 is 0.342 bits per heavy atom. The fourth-order valence-electron chi connectivity index (χ4n) is 22.1. The maximum absolute atomic E-state index is 13.2. The van der Waals surface area contributed by atoms with Crippen molar-refractivity contribution in [3.63, 3.8) is 0 Å². The van der Waals surface area contributed by atoms with E-state index < -0.39 is 78.6 Å². The zero-order valence-electron chi connectivity index (χ0n) is 46.6. The van der Waals surface area contributed by atoms with Crippen molar-refractivity contribution in [1.82, 2.24) is 0 Å². The molecular formula is C60H107O7SSi3Sn2-. The molecule has 10 aliphatic carbocycles. The van der Waals surface area contributed by atoms with Gasteiger partial charge in [0.05, 0.1) is 0 Å². The van der Waals surface area contributed by atoms with Crippen LogP contribution in [0, 0.1) is 5.41 Å². The van der Waals surface area contributed by atoms with Crippen LogP contribution in [0.15, 0.2) is 0 Å². The van der Waals surface area contributed by atoms with E-state index in [1.165, 1.54) is 279 Å². The number of fused-ring (bicyclic) bond motifs is 2. The van der Waals surface area contributed by atoms with Crippen molar-refractivity contribution in [1.29, 1.82) is 0 Å². The Hall–Kier alpha value is 2.00. The molecule has 0 aromatic heterocycles. The second-order valence-electron chi connectivity index (χ2n) is 28.8. The van der Waals surface area contributed by atoms with Crippen LogP contribution >= 0.6 is 0 Å². The summed E-state index contributed by atoms with van der Waals surface area (Å²) in [7, 11) is -13.8. The molecule has 0 N–H and O–H groups in total. The van der Waals surface area contributed by atoms with E-state index in [9.17, 15) is 26.7 Å². The molecule has 2 saturated heterocycles. The van der Waals surface area contributed by atoms with Crippen LogP contribution in [0.5, 0.6) is 0 Å². The molecule has 12 rings (SSSR count). The van der Waals surface area contributed by atoms with Gasteiger partial charge in [0.15, 0.2) is 0 Å². The molecular weight excluding hydrogens is 1190 g/mol. The van der Waals surface area contributed by atoms with Crippen LogP contribution in [-0.2, 0) is 23.9 Å². The van der Waals surface area contributed by atoms with Gasteiger partial charge >= 0.3 is 464 Å². The third-order valence-electron chi connectivity index (χ3n) is 25.4. The Balaban J connectivity index is 1.18. The number of hydrogen-bond acceptors (Lipinski definition) is 7. The molecule has 2 heterocycles. The summed E-state index contributed by atoms with van der Waals surface area (Å²) in [5.41, 5.74) is 3.61. The first-order chi connectivity index (χ1) is 35.7. The van der Waals surface area contributed by atoms with Crippen molar-refractivity contribution in [3.8, 4) is 0 Å². The molecule has 0 bridgehead atoms. The molecule has 0 amide bonds. The van der Waals surface area contributed by atoms with E-state index in [-0.39, 0.29) is 5.54 Å². The van der Waals surface area contributed by atoms with E-state index in [4.69, 9.17) is 0 Å². The van der Waals surface area contributed by atoms with Gasteiger partial charge in [0, 0.05) is 0 Å². The van der Waals surface area contributed by atoms with E-state index in [1.807, 2.05) is 0 Å². The van der Waals surface area contributed by atoms with E-state index in [1.54, 1.807) is 0 Å². The van der Waals surface area contributed by atoms with Gasteiger partial charge in [0.25, 0.3) is 0 Å². The standard InChI is InChI=1S/C35H62O7SSi3.4C6H11.CH2.2Sn/c36-43(37,38)28-22-24-30(25-23-28)44(39,29-14-4-1-5-15-29)41-46(31-16-6-2-7-17-31,32-18-8-3-9-19-32)42-45(40)33-20-10-12-26-35(33)27-13-11-21-34(35)45;4*1-2-4-6-5-3-1;;;/h28-34H,1-27H2,(H,36,37,38);4*1H,2-6H2;1H2;;/q-2;;;;;;2*+1/p-1. The average molecular weight is 1290 g/mol. The first-order valence-corrected chi connectivity index (χ1v) is 53.8. The Morgan fingerprint density at radius 3 is 1.01 bits per heavy atom. The Kier molecular flexibility index (Phi) is 18.0. The minimum atomic E-state index is -4.36. The van der Waals surface area contributed by atoms with Gasteiger partial charge in [0.2, 0.25) is 0 Å². The molecule has 2 aliphatic heterocycles. The molecule has 3 unspecified atom stereocenters. The molecule has 13 heteroatoms. The van der Waals surface area contributed by atoms with Gasteiger partial charge in [-0.05, 0) is 0 Å². The molecule has 3 atom stereocenters. The van der Waals surface area contributed by atoms with Crippen molar-refractivity contribution in [2.24, 2.45) is 5.41 Å². The predicted octanol–water partition coefficient (Wildman–Crippen LogP) is 18.9. The number of hydrogen-bond donors (Lipinski definition) is 0. The zero-order valence-corrected chi connectivity index (χ0v) is 56.1. The Bertz CT molecular complexity index is 1840. The van der Waals surface area contributed by atoms with E-state index >= 15 is 0 Å². The zero-order chi connectivity index (χ0) is 49.6. The van der Waals surface area contributed by atoms with Crippen molar-refractivity contribution in [2.75, 3.05) is 0 Å². The summed E-state index contributed by atoms with van der Waals surface area (Å²) in [5.74, 6) is 0. The summed E-state index contributed by atoms with van der Waals surface area (Å²) in [6, 6.07) is 0. The quantitative estimate of drug-likeness (QED) is 0.168. The molecule has 0 radical (unpaired) electrons. The van der Waals surface area contributed by atoms with Gasteiger partial charge in [-0.15, -0.1) is 0 Å². The third kappa shape index (κ3) is 10.4. The Morgan fingerprint density at radius 2 is 0.644 bits per heavy atom. The van der Waals surface area contributed by atoms with Crippen LogP contribution in [0.1, 0.15) is 302 Å². The first-order valence-electron chi connectivity index (χ1n) is 33.4. The van der Waals surface area contributed by atoms with Gasteiger partial charge in [-0.3, -0.25) is 0 Å². The van der Waals surface area contributed by atoms with Crippen LogP contribution in [0.2, 0.25) is 51.4 Å². The average Bonchev–Trinajstić information content (AvgIpc) is 3.45. The van der Waals surface area contributed by atoms with Crippen LogP contribution in [0.3, 0.4) is 0 Å². The van der Waals surface area contributed by atoms with Crippen molar-refractivity contribution >= 4 is 73.4 Å². The molecule has 0 aromatic rings. The minimum absolute atomic E-state index is 0.288. The first kappa shape index (κ1) is 55.5. The Labute approximate surface area is 460 Å². The second-order valence-corrected chi connectivity index (χ2v) is 73.0. The van der Waals surface area contributed by atoms with Crippen LogP contribution in [0.4, 0.5) is 0 Å². The van der Waals surface area contributed by atoms with Gasteiger partial charge in [-0.1, -0.05) is 0 Å². The summed E-state index contributed by atoms with van der Waals surface area (Å²) < 4.78 is 83.5. The molecule has 12 fully saturated rings. The predicted molar refractivity (Wildman–Crippen MR) is 308 cm³/mol. The molecule has 12 aliphatic rings. The molecule has 2 spiro atoms. The summed E-state index contributed by atoms with van der Waals surface area (Å²) in [5, 5.41) is -0.744. The van der Waals surface area contributed by atoms with Gasteiger partial charge in [0.1, 0.15) is 0 Å².